The molecule has 18 heavy (non-hydrogen) atoms. The summed E-state index contributed by atoms with van der Waals surface area (Å²) in [6.07, 6.45) is 0. The van der Waals surface area contributed by atoms with E-state index in [-0.39, 0.29) is 17.9 Å². The zero-order valence-corrected chi connectivity index (χ0v) is 9.93. The molecule has 5 nitrogen and oxygen atoms in total. The number of nitrogens with two attached hydrogens (primary N) is 1. The predicted octanol–water partition coefficient (Wildman–Crippen LogP) is 0.148. The summed E-state index contributed by atoms with van der Waals surface area (Å²) >= 11 is 0. The van der Waals surface area contributed by atoms with Crippen LogP contribution >= 0.6 is 0 Å². The van der Waals surface area contributed by atoms with Crippen molar-refractivity contribution in [1.82, 2.24) is 5.32 Å². The van der Waals surface area contributed by atoms with E-state index in [2.05, 4.69) is 11.4 Å². The first-order valence-electron chi connectivity index (χ1n) is 5.81. The number of carbonyl (C=O) groups is 1. The summed E-state index contributed by atoms with van der Waals surface area (Å²) in [5, 5.41) is 11.6. The molecular weight excluding hydrogens is 230 g/mol. The van der Waals surface area contributed by atoms with Crippen molar-refractivity contribution in [3.63, 3.8) is 0 Å². The topological polar surface area (TPSA) is 88.1 Å². The van der Waals surface area contributed by atoms with Crippen molar-refractivity contribution in [2.24, 2.45) is 11.7 Å². The molecule has 1 amide bonds. The fourth-order valence-electron chi connectivity index (χ4n) is 1.91. The van der Waals surface area contributed by atoms with Gasteiger partial charge in [0.2, 0.25) is 5.91 Å². The van der Waals surface area contributed by atoms with Crippen molar-refractivity contribution < 1.29 is 9.53 Å². The van der Waals surface area contributed by atoms with Gasteiger partial charge in [-0.25, -0.2) is 0 Å². The number of hydrogen-bond donors (Lipinski definition) is 2. The second kappa shape index (κ2) is 5.63. The number of benzene rings is 1. The zero-order chi connectivity index (χ0) is 13.0. The van der Waals surface area contributed by atoms with Gasteiger partial charge in [-0.2, -0.15) is 5.26 Å². The highest BCUT2D eigenvalue weighted by molar-refractivity contribution is 5.79. The summed E-state index contributed by atoms with van der Waals surface area (Å²) in [6, 6.07) is 8.98. The molecule has 1 aromatic rings. The molecular formula is C13H15N3O2. The average molecular weight is 245 g/mol. The highest BCUT2D eigenvalue weighted by Crippen LogP contribution is 2.12. The van der Waals surface area contributed by atoms with Crippen LogP contribution in [0.3, 0.4) is 0 Å². The quantitative estimate of drug-likeness (QED) is 0.793. The van der Waals surface area contributed by atoms with Crippen LogP contribution in [0, 0.1) is 17.2 Å². The summed E-state index contributed by atoms with van der Waals surface area (Å²) in [4.78, 5) is 11.8. The Balaban J connectivity index is 1.91. The summed E-state index contributed by atoms with van der Waals surface area (Å²) in [7, 11) is 0. The second-order valence-electron chi connectivity index (χ2n) is 4.34. The van der Waals surface area contributed by atoms with Gasteiger partial charge >= 0.3 is 0 Å². The molecule has 1 aromatic carbocycles. The van der Waals surface area contributed by atoms with Crippen LogP contribution in [0.5, 0.6) is 0 Å². The fraction of sp³-hybridized carbons (Fsp3) is 0.385. The molecule has 1 fully saturated rings. The van der Waals surface area contributed by atoms with Crippen LogP contribution in [-0.2, 0) is 16.1 Å². The smallest absolute Gasteiger partial charge is 0.227 e. The van der Waals surface area contributed by atoms with E-state index < -0.39 is 0 Å². The number of nitrogens with zero attached hydrogens (tertiary/aromatic N) is 1. The van der Waals surface area contributed by atoms with Crippen molar-refractivity contribution in [2.45, 2.75) is 12.6 Å². The van der Waals surface area contributed by atoms with E-state index in [0.29, 0.717) is 25.3 Å². The Bertz CT molecular complexity index is 481. The molecule has 0 aromatic heterocycles. The molecule has 0 aliphatic carbocycles. The summed E-state index contributed by atoms with van der Waals surface area (Å²) < 4.78 is 5.15. The minimum Gasteiger partial charge on any atom is -0.379 e. The molecule has 1 aliphatic heterocycles. The van der Waals surface area contributed by atoms with Crippen LogP contribution in [0.15, 0.2) is 24.3 Å². The molecule has 0 spiro atoms. The van der Waals surface area contributed by atoms with Gasteiger partial charge in [-0.15, -0.1) is 0 Å². The van der Waals surface area contributed by atoms with Gasteiger partial charge in [0.25, 0.3) is 0 Å². The third kappa shape index (κ3) is 2.86. The number of nitrogens with one attached hydrogen (secondary N) is 1. The number of hydrogen-bond acceptors (Lipinski definition) is 4. The van der Waals surface area contributed by atoms with Crippen LogP contribution in [0.4, 0.5) is 0 Å². The number of rotatable bonds is 3. The van der Waals surface area contributed by atoms with Crippen molar-refractivity contribution in [3.05, 3.63) is 35.4 Å². The lowest BCUT2D eigenvalue weighted by atomic mass is 10.0. The van der Waals surface area contributed by atoms with E-state index >= 15 is 0 Å². The normalized spacial score (nSPS) is 22.4. The lowest BCUT2D eigenvalue weighted by Crippen LogP contribution is -2.40. The molecule has 1 heterocycles. The van der Waals surface area contributed by atoms with Crippen LogP contribution in [0.2, 0.25) is 0 Å². The zero-order valence-electron chi connectivity index (χ0n) is 9.93. The van der Waals surface area contributed by atoms with Gasteiger partial charge < -0.3 is 15.8 Å². The van der Waals surface area contributed by atoms with Crippen molar-refractivity contribution in [1.29, 1.82) is 5.26 Å². The first kappa shape index (κ1) is 12.6. The Labute approximate surface area is 106 Å². The molecule has 5 heteroatoms. The highest BCUT2D eigenvalue weighted by Gasteiger charge is 2.30. The number of amides is 1. The minimum absolute atomic E-state index is 0.0950. The number of carbonyl (C=O) groups excluding carboxylic acids is 1. The molecule has 94 valence electrons. The average Bonchev–Trinajstić information content (AvgIpc) is 2.82. The molecule has 0 radical (unpaired) electrons. The van der Waals surface area contributed by atoms with Gasteiger partial charge in [0.05, 0.1) is 30.8 Å². The Morgan fingerprint density at radius 3 is 3.06 bits per heavy atom. The molecule has 0 bridgehead atoms. The maximum Gasteiger partial charge on any atom is 0.227 e. The maximum atomic E-state index is 11.8. The maximum absolute atomic E-state index is 11.8. The van der Waals surface area contributed by atoms with E-state index in [9.17, 15) is 4.79 Å². The standard InChI is InChI=1S/C13H15N3O2/c14-5-9-2-1-3-10(4-9)6-16-13(17)11-7-18-8-12(11)15/h1-4,11-12H,6-8,15H2,(H,16,17). The lowest BCUT2D eigenvalue weighted by Gasteiger charge is -2.13. The molecule has 2 unspecified atom stereocenters. The fourth-order valence-corrected chi connectivity index (χ4v) is 1.91. The van der Waals surface area contributed by atoms with Gasteiger partial charge in [-0.1, -0.05) is 12.1 Å². The third-order valence-corrected chi connectivity index (χ3v) is 2.98. The Morgan fingerprint density at radius 2 is 2.39 bits per heavy atom. The number of nitriles is 1. The second-order valence-corrected chi connectivity index (χ2v) is 4.34. The van der Waals surface area contributed by atoms with Gasteiger partial charge in [-0.3, -0.25) is 4.79 Å². The van der Waals surface area contributed by atoms with Gasteiger partial charge in [-0.05, 0) is 17.7 Å². The molecule has 3 N–H and O–H groups in total. The largest absolute Gasteiger partial charge is 0.379 e. The van der Waals surface area contributed by atoms with Crippen molar-refractivity contribution >= 4 is 5.91 Å². The summed E-state index contributed by atoms with van der Waals surface area (Å²) in [6.45, 7) is 1.21. The van der Waals surface area contributed by atoms with Gasteiger partial charge in [0, 0.05) is 12.6 Å². The first-order chi connectivity index (χ1) is 8.70. The van der Waals surface area contributed by atoms with Gasteiger partial charge in [0.15, 0.2) is 0 Å². The van der Waals surface area contributed by atoms with Crippen molar-refractivity contribution in [3.8, 4) is 6.07 Å². The lowest BCUT2D eigenvalue weighted by molar-refractivity contribution is -0.125. The molecule has 1 saturated heterocycles. The van der Waals surface area contributed by atoms with E-state index in [1.807, 2.05) is 6.07 Å². The Hall–Kier alpha value is -1.90. The van der Waals surface area contributed by atoms with Crippen LogP contribution in [0.1, 0.15) is 11.1 Å². The SMILES string of the molecule is N#Cc1cccc(CNC(=O)C2COCC2N)c1. The molecule has 0 saturated carbocycles. The van der Waals surface area contributed by atoms with E-state index in [1.54, 1.807) is 18.2 Å². The molecule has 2 rings (SSSR count). The molecule has 1 aliphatic rings. The van der Waals surface area contributed by atoms with E-state index in [4.69, 9.17) is 15.7 Å². The first-order valence-corrected chi connectivity index (χ1v) is 5.81. The van der Waals surface area contributed by atoms with Crippen LogP contribution < -0.4 is 11.1 Å². The Morgan fingerprint density at radius 1 is 1.56 bits per heavy atom. The minimum atomic E-state index is -0.274. The van der Waals surface area contributed by atoms with E-state index in [1.165, 1.54) is 0 Å². The monoisotopic (exact) mass is 245 g/mol. The molecule has 2 atom stereocenters. The number of ether oxygens (including phenoxy) is 1. The summed E-state index contributed by atoms with van der Waals surface area (Å²) in [5.74, 6) is -0.369. The van der Waals surface area contributed by atoms with Crippen LogP contribution in [0.25, 0.3) is 0 Å². The third-order valence-electron chi connectivity index (χ3n) is 2.98. The summed E-state index contributed by atoms with van der Waals surface area (Å²) in [5.41, 5.74) is 7.25. The Kier molecular flexibility index (Phi) is 3.92. The van der Waals surface area contributed by atoms with E-state index in [0.717, 1.165) is 5.56 Å². The van der Waals surface area contributed by atoms with Crippen LogP contribution in [-0.4, -0.2) is 25.2 Å². The predicted molar refractivity (Wildman–Crippen MR) is 65.3 cm³/mol. The van der Waals surface area contributed by atoms with Crippen molar-refractivity contribution in [2.75, 3.05) is 13.2 Å². The highest BCUT2D eigenvalue weighted by atomic mass is 16.5. The van der Waals surface area contributed by atoms with Gasteiger partial charge in [0.1, 0.15) is 0 Å².